The largest absolute Gasteiger partial charge is 0.479 e. The average Bonchev–Trinajstić information content (AvgIpc) is 3.40. The number of nitrogens with one attached hydrogen (secondary N) is 2. The number of aliphatic carboxylic acids is 1. The number of alkyl carbamates (subject to hydrolysis) is 1. The first-order chi connectivity index (χ1) is 16.4. The van der Waals surface area contributed by atoms with Crippen LogP contribution < -0.4 is 10.6 Å². The van der Waals surface area contributed by atoms with Crippen molar-refractivity contribution in [1.82, 2.24) is 20.4 Å². The fourth-order valence-corrected chi connectivity index (χ4v) is 4.09. The minimum Gasteiger partial charge on any atom is -0.479 e. The van der Waals surface area contributed by atoms with Crippen molar-refractivity contribution in [2.24, 2.45) is 7.05 Å². The Kier molecular flexibility index (Phi) is 6.60. The molecule has 3 aromatic rings. The number of nitrogens with zero attached hydrogens (tertiary/aromatic N) is 2. The number of aryl methyl sites for hydroxylation is 1. The number of carbonyl (C=O) groups is 3. The van der Waals surface area contributed by atoms with Crippen LogP contribution >= 0.6 is 0 Å². The highest BCUT2D eigenvalue weighted by Crippen LogP contribution is 2.44. The molecule has 1 aromatic heterocycles. The lowest BCUT2D eigenvalue weighted by Crippen LogP contribution is -2.45. The summed E-state index contributed by atoms with van der Waals surface area (Å²) in [6.07, 6.45) is -1.13. The quantitative estimate of drug-likeness (QED) is 0.396. The summed E-state index contributed by atoms with van der Waals surface area (Å²) in [7, 11) is 1.60. The zero-order valence-electron chi connectivity index (χ0n) is 18.3. The molecular formula is C24H24N4O6. The minimum atomic E-state index is -1.77. The van der Waals surface area contributed by atoms with E-state index in [-0.39, 0.29) is 12.5 Å². The topological polar surface area (TPSA) is 143 Å². The molecule has 2 unspecified atom stereocenters. The maximum Gasteiger partial charge on any atom is 0.408 e. The van der Waals surface area contributed by atoms with Crippen LogP contribution in [0.3, 0.4) is 0 Å². The fraction of sp³-hybridized carbons (Fsp3) is 0.250. The number of aliphatic hydroxyl groups is 1. The Hall–Kier alpha value is -4.18. The van der Waals surface area contributed by atoms with Gasteiger partial charge in [0.1, 0.15) is 6.61 Å². The van der Waals surface area contributed by atoms with Crippen molar-refractivity contribution in [2.45, 2.75) is 18.1 Å². The molecule has 0 saturated heterocycles. The zero-order chi connectivity index (χ0) is 24.2. The number of carboxylic acid groups (broad SMARTS) is 1. The molecule has 0 fully saturated rings. The maximum atomic E-state index is 12.7. The van der Waals surface area contributed by atoms with E-state index in [9.17, 15) is 19.5 Å². The summed E-state index contributed by atoms with van der Waals surface area (Å²) in [5.74, 6) is -2.33. The molecule has 34 heavy (non-hydrogen) atoms. The number of carboxylic acids is 1. The van der Waals surface area contributed by atoms with Crippen molar-refractivity contribution >= 4 is 18.0 Å². The Labute approximate surface area is 195 Å². The van der Waals surface area contributed by atoms with Gasteiger partial charge in [-0.15, -0.1) is 0 Å². The first kappa shape index (κ1) is 23.0. The second-order valence-corrected chi connectivity index (χ2v) is 7.88. The van der Waals surface area contributed by atoms with Gasteiger partial charge in [0.2, 0.25) is 5.91 Å². The third kappa shape index (κ3) is 4.62. The van der Waals surface area contributed by atoms with Crippen LogP contribution in [0.5, 0.6) is 0 Å². The van der Waals surface area contributed by atoms with E-state index in [4.69, 9.17) is 9.84 Å². The van der Waals surface area contributed by atoms with E-state index in [0.717, 1.165) is 22.3 Å². The molecule has 0 aliphatic heterocycles. The number of hydrogen-bond donors (Lipinski definition) is 4. The predicted octanol–water partition coefficient (Wildman–Crippen LogP) is 1.56. The molecule has 2 aromatic carbocycles. The van der Waals surface area contributed by atoms with Crippen LogP contribution in [0.15, 0.2) is 60.8 Å². The Morgan fingerprint density at radius 3 is 2.24 bits per heavy atom. The monoisotopic (exact) mass is 464 g/mol. The number of amides is 2. The fourth-order valence-electron chi connectivity index (χ4n) is 4.09. The van der Waals surface area contributed by atoms with Gasteiger partial charge in [-0.05, 0) is 28.3 Å². The first-order valence-corrected chi connectivity index (χ1v) is 10.6. The molecular weight excluding hydrogens is 440 g/mol. The molecule has 0 spiro atoms. The van der Waals surface area contributed by atoms with Crippen molar-refractivity contribution in [3.05, 3.63) is 77.6 Å². The van der Waals surface area contributed by atoms with Gasteiger partial charge in [-0.2, -0.15) is 5.10 Å². The summed E-state index contributed by atoms with van der Waals surface area (Å²) >= 11 is 0. The van der Waals surface area contributed by atoms with Crippen LogP contribution in [0.1, 0.15) is 28.8 Å². The van der Waals surface area contributed by atoms with Gasteiger partial charge in [-0.1, -0.05) is 48.5 Å². The van der Waals surface area contributed by atoms with Crippen LogP contribution in [-0.2, 0) is 21.4 Å². The van der Waals surface area contributed by atoms with Gasteiger partial charge in [0.05, 0.1) is 12.2 Å². The highest BCUT2D eigenvalue weighted by atomic mass is 16.5. The van der Waals surface area contributed by atoms with E-state index >= 15 is 0 Å². The lowest BCUT2D eigenvalue weighted by Gasteiger charge is -2.20. The number of carbonyl (C=O) groups excluding carboxylic acids is 2. The Balaban J connectivity index is 1.46. The van der Waals surface area contributed by atoms with Crippen molar-refractivity contribution in [1.29, 1.82) is 0 Å². The normalized spacial score (nSPS) is 13.9. The highest BCUT2D eigenvalue weighted by Gasteiger charge is 2.31. The van der Waals surface area contributed by atoms with E-state index in [1.54, 1.807) is 13.1 Å². The molecule has 1 heterocycles. The molecule has 0 bridgehead atoms. The predicted molar refractivity (Wildman–Crippen MR) is 121 cm³/mol. The van der Waals surface area contributed by atoms with Crippen molar-refractivity contribution in [3.8, 4) is 11.1 Å². The lowest BCUT2D eigenvalue weighted by atomic mass is 9.98. The van der Waals surface area contributed by atoms with E-state index < -0.39 is 36.7 Å². The molecule has 2 atom stereocenters. The van der Waals surface area contributed by atoms with Gasteiger partial charge in [-0.25, -0.2) is 9.59 Å². The number of aliphatic hydroxyl groups excluding tert-OH is 1. The third-order valence-corrected chi connectivity index (χ3v) is 5.78. The molecule has 4 rings (SSSR count). The van der Waals surface area contributed by atoms with E-state index in [2.05, 4.69) is 15.7 Å². The van der Waals surface area contributed by atoms with Gasteiger partial charge in [0.25, 0.3) is 0 Å². The Bertz CT molecular complexity index is 1180. The summed E-state index contributed by atoms with van der Waals surface area (Å²) in [5, 5.41) is 27.1. The number of fused-ring (bicyclic) bond motifs is 3. The smallest absolute Gasteiger partial charge is 0.408 e. The van der Waals surface area contributed by atoms with E-state index in [1.807, 2.05) is 48.5 Å². The summed E-state index contributed by atoms with van der Waals surface area (Å²) in [5.41, 5.74) is 4.66. The van der Waals surface area contributed by atoms with Gasteiger partial charge in [-0.3, -0.25) is 9.48 Å². The standard InChI is InChI=1S/C24H24N4O6/c1-28-19(10-11-26-28)21(22(30)25-12-20(29)23(31)32)27-24(33)34-13-18-16-8-4-2-6-14(16)15-7-3-5-9-17(15)18/h2-11,18,20-21,29H,12-13H2,1H3,(H,25,30)(H,27,33)(H,31,32). The number of hydrogen-bond acceptors (Lipinski definition) is 6. The molecule has 176 valence electrons. The van der Waals surface area contributed by atoms with Gasteiger partial charge in [0.15, 0.2) is 12.1 Å². The molecule has 10 nitrogen and oxygen atoms in total. The van der Waals surface area contributed by atoms with Gasteiger partial charge in [0, 0.05) is 19.2 Å². The SMILES string of the molecule is Cn1nccc1C(NC(=O)OCC1c2ccccc2-c2ccccc21)C(=O)NCC(O)C(=O)O. The maximum absolute atomic E-state index is 12.7. The molecule has 0 saturated carbocycles. The Morgan fingerprint density at radius 1 is 1.06 bits per heavy atom. The molecule has 1 aliphatic rings. The number of ether oxygens (including phenoxy) is 1. The van der Waals surface area contributed by atoms with Crippen LogP contribution in [0.2, 0.25) is 0 Å². The third-order valence-electron chi connectivity index (χ3n) is 5.78. The van der Waals surface area contributed by atoms with Crippen LogP contribution in [0.25, 0.3) is 11.1 Å². The second-order valence-electron chi connectivity index (χ2n) is 7.88. The summed E-state index contributed by atoms with van der Waals surface area (Å²) in [6.45, 7) is -0.452. The molecule has 10 heteroatoms. The number of rotatable bonds is 8. The van der Waals surface area contributed by atoms with E-state index in [0.29, 0.717) is 5.69 Å². The number of benzene rings is 2. The molecule has 2 amide bonds. The first-order valence-electron chi connectivity index (χ1n) is 10.6. The Morgan fingerprint density at radius 2 is 1.68 bits per heavy atom. The second kappa shape index (κ2) is 9.75. The molecule has 0 radical (unpaired) electrons. The van der Waals surface area contributed by atoms with Crippen LogP contribution in [0.4, 0.5) is 4.79 Å². The minimum absolute atomic E-state index is 0.0668. The van der Waals surface area contributed by atoms with Crippen LogP contribution in [-0.4, -0.2) is 57.2 Å². The lowest BCUT2D eigenvalue weighted by molar-refractivity contribution is -0.146. The zero-order valence-corrected chi connectivity index (χ0v) is 18.3. The average molecular weight is 464 g/mol. The summed E-state index contributed by atoms with van der Waals surface area (Å²) in [6, 6.07) is 16.2. The molecule has 1 aliphatic carbocycles. The number of aromatic nitrogens is 2. The van der Waals surface area contributed by atoms with Crippen molar-refractivity contribution < 1.29 is 29.3 Å². The van der Waals surface area contributed by atoms with Crippen molar-refractivity contribution in [3.63, 3.8) is 0 Å². The van der Waals surface area contributed by atoms with Gasteiger partial charge >= 0.3 is 12.1 Å². The van der Waals surface area contributed by atoms with Crippen LogP contribution in [0, 0.1) is 0 Å². The molecule has 4 N–H and O–H groups in total. The van der Waals surface area contributed by atoms with Gasteiger partial charge < -0.3 is 25.6 Å². The van der Waals surface area contributed by atoms with E-state index in [1.165, 1.54) is 10.9 Å². The summed E-state index contributed by atoms with van der Waals surface area (Å²) < 4.78 is 6.92. The van der Waals surface area contributed by atoms with Crippen molar-refractivity contribution in [2.75, 3.05) is 13.2 Å². The highest BCUT2D eigenvalue weighted by molar-refractivity contribution is 5.87. The summed E-state index contributed by atoms with van der Waals surface area (Å²) in [4.78, 5) is 36.2.